The molecule has 0 bridgehead atoms. The van der Waals surface area contributed by atoms with Crippen molar-refractivity contribution in [2.75, 3.05) is 17.1 Å². The Morgan fingerprint density at radius 3 is 2.62 bits per heavy atom. The zero-order valence-electron chi connectivity index (χ0n) is 15.8. The molecule has 0 aliphatic carbocycles. The third kappa shape index (κ3) is 4.52. The number of methoxy groups -OCH3 is 1. The number of aryl methyl sites for hydroxylation is 1. The maximum Gasteiger partial charge on any atom is 0.265 e. The molecule has 2 N–H and O–H groups in total. The van der Waals surface area contributed by atoms with E-state index in [0.29, 0.717) is 27.5 Å². The van der Waals surface area contributed by atoms with Gasteiger partial charge in [0, 0.05) is 11.9 Å². The predicted molar refractivity (Wildman–Crippen MR) is 110 cm³/mol. The van der Waals surface area contributed by atoms with Crippen LogP contribution >= 0.6 is 11.6 Å². The van der Waals surface area contributed by atoms with E-state index < -0.39 is 10.0 Å². The second-order valence-corrected chi connectivity index (χ2v) is 8.22. The molecule has 10 heteroatoms. The van der Waals surface area contributed by atoms with Gasteiger partial charge in [0.25, 0.3) is 10.0 Å². The molecule has 0 saturated heterocycles. The fraction of sp³-hybridized carbons (Fsp3) is 0.158. The number of carbonyl (C=O) groups excluding carboxylic acids is 1. The molecule has 29 heavy (non-hydrogen) atoms. The number of aromatic nitrogens is 1. The van der Waals surface area contributed by atoms with Crippen molar-refractivity contribution in [3.63, 3.8) is 0 Å². The molecule has 152 valence electrons. The Kier molecular flexibility index (Phi) is 5.81. The summed E-state index contributed by atoms with van der Waals surface area (Å²) in [6.07, 6.45) is 0. The van der Waals surface area contributed by atoms with Gasteiger partial charge < -0.3 is 9.26 Å². The summed E-state index contributed by atoms with van der Waals surface area (Å²) < 4.78 is 38.9. The van der Waals surface area contributed by atoms with Crippen molar-refractivity contribution in [3.8, 4) is 16.9 Å². The number of hydrogen-bond acceptors (Lipinski definition) is 6. The molecule has 0 spiro atoms. The van der Waals surface area contributed by atoms with E-state index in [-0.39, 0.29) is 22.4 Å². The number of amides is 1. The van der Waals surface area contributed by atoms with Gasteiger partial charge >= 0.3 is 0 Å². The summed E-state index contributed by atoms with van der Waals surface area (Å²) in [6.45, 7) is 3.02. The molecule has 0 aliphatic rings. The quantitative estimate of drug-likeness (QED) is 0.603. The zero-order chi connectivity index (χ0) is 21.2. The van der Waals surface area contributed by atoms with Crippen molar-refractivity contribution in [2.24, 2.45) is 0 Å². The Balaban J connectivity index is 2.09. The third-order valence-electron chi connectivity index (χ3n) is 3.97. The summed E-state index contributed by atoms with van der Waals surface area (Å²) in [7, 11) is -2.63. The van der Waals surface area contributed by atoms with Gasteiger partial charge in [-0.3, -0.25) is 14.8 Å². The molecule has 0 fully saturated rings. The molecule has 8 nitrogen and oxygen atoms in total. The molecule has 3 rings (SSSR count). The predicted octanol–water partition coefficient (Wildman–Crippen LogP) is 4.07. The molecule has 1 heterocycles. The zero-order valence-corrected chi connectivity index (χ0v) is 17.4. The van der Waals surface area contributed by atoms with E-state index in [1.165, 1.54) is 32.2 Å². The Hall–Kier alpha value is -3.04. The molecule has 3 aromatic rings. The summed E-state index contributed by atoms with van der Waals surface area (Å²) in [6, 6.07) is 10.9. The number of halogens is 1. The standard InChI is InChI=1S/C19H18ClN3O5S/c1-11-18(19(28-22-11)21-12(2)24)13-7-8-16(27-3)17(9-13)29(25,26)23-15-6-4-5-14(20)10-15/h4-10,23H,1-3H3,(H,21,24). The number of rotatable bonds is 6. The van der Waals surface area contributed by atoms with E-state index in [0.717, 1.165) is 0 Å². The highest BCUT2D eigenvalue weighted by atomic mass is 35.5. The van der Waals surface area contributed by atoms with Crippen molar-refractivity contribution in [1.82, 2.24) is 5.16 Å². The highest BCUT2D eigenvalue weighted by Gasteiger charge is 2.24. The first-order valence-electron chi connectivity index (χ1n) is 8.42. The van der Waals surface area contributed by atoms with Crippen LogP contribution in [0.15, 0.2) is 51.9 Å². The van der Waals surface area contributed by atoms with Crippen LogP contribution in [0, 0.1) is 6.92 Å². The number of nitrogens with zero attached hydrogens (tertiary/aromatic N) is 1. The minimum atomic E-state index is -4.01. The van der Waals surface area contributed by atoms with Crippen LogP contribution in [0.5, 0.6) is 5.75 Å². The number of benzene rings is 2. The lowest BCUT2D eigenvalue weighted by molar-refractivity contribution is -0.114. The lowest BCUT2D eigenvalue weighted by atomic mass is 10.1. The molecule has 0 saturated carbocycles. The van der Waals surface area contributed by atoms with E-state index in [1.807, 2.05) is 0 Å². The van der Waals surface area contributed by atoms with Gasteiger partial charge in [-0.1, -0.05) is 28.9 Å². The molecule has 0 unspecified atom stereocenters. The Labute approximate surface area is 172 Å². The fourth-order valence-corrected chi connectivity index (χ4v) is 4.20. The van der Waals surface area contributed by atoms with Gasteiger partial charge in [-0.15, -0.1) is 0 Å². The number of carbonyl (C=O) groups is 1. The van der Waals surface area contributed by atoms with Crippen LogP contribution < -0.4 is 14.8 Å². The first-order chi connectivity index (χ1) is 13.7. The average molecular weight is 436 g/mol. The summed E-state index contributed by atoms with van der Waals surface area (Å²) in [5.74, 6) is -0.0591. The van der Waals surface area contributed by atoms with Gasteiger partial charge in [-0.2, -0.15) is 0 Å². The lowest BCUT2D eigenvalue weighted by Gasteiger charge is -2.13. The molecule has 1 amide bonds. The van der Waals surface area contributed by atoms with Crippen LogP contribution in [0.1, 0.15) is 12.6 Å². The number of sulfonamides is 1. The second-order valence-electron chi connectivity index (χ2n) is 6.13. The SMILES string of the molecule is COc1ccc(-c2c(C)noc2NC(C)=O)cc1S(=O)(=O)Nc1cccc(Cl)c1. The van der Waals surface area contributed by atoms with Gasteiger partial charge in [0.15, 0.2) is 0 Å². The molecule has 0 atom stereocenters. The van der Waals surface area contributed by atoms with Crippen LogP contribution in [0.4, 0.5) is 11.6 Å². The van der Waals surface area contributed by atoms with E-state index in [2.05, 4.69) is 15.2 Å². The molecular weight excluding hydrogens is 418 g/mol. The molecular formula is C19H18ClN3O5S. The van der Waals surface area contributed by atoms with Crippen molar-refractivity contribution in [2.45, 2.75) is 18.7 Å². The highest BCUT2D eigenvalue weighted by molar-refractivity contribution is 7.92. The van der Waals surface area contributed by atoms with Crippen LogP contribution in [-0.2, 0) is 14.8 Å². The van der Waals surface area contributed by atoms with E-state index >= 15 is 0 Å². The monoisotopic (exact) mass is 435 g/mol. The average Bonchev–Trinajstić information content (AvgIpc) is 3.00. The van der Waals surface area contributed by atoms with Crippen LogP contribution in [0.3, 0.4) is 0 Å². The largest absolute Gasteiger partial charge is 0.495 e. The van der Waals surface area contributed by atoms with Crippen molar-refractivity contribution in [1.29, 1.82) is 0 Å². The number of nitrogens with one attached hydrogen (secondary N) is 2. The Morgan fingerprint density at radius 2 is 1.97 bits per heavy atom. The topological polar surface area (TPSA) is 111 Å². The number of ether oxygens (including phenoxy) is 1. The van der Waals surface area contributed by atoms with Gasteiger partial charge in [0.2, 0.25) is 11.8 Å². The summed E-state index contributed by atoms with van der Waals surface area (Å²) in [4.78, 5) is 11.3. The minimum Gasteiger partial charge on any atom is -0.495 e. The third-order valence-corrected chi connectivity index (χ3v) is 5.61. The molecule has 0 radical (unpaired) electrons. The fourth-order valence-electron chi connectivity index (χ4n) is 2.76. The normalized spacial score (nSPS) is 11.2. The van der Waals surface area contributed by atoms with Crippen molar-refractivity contribution >= 4 is 39.1 Å². The van der Waals surface area contributed by atoms with Crippen LogP contribution in [0.25, 0.3) is 11.1 Å². The van der Waals surface area contributed by atoms with Crippen LogP contribution in [0.2, 0.25) is 5.02 Å². The smallest absolute Gasteiger partial charge is 0.265 e. The van der Waals surface area contributed by atoms with Crippen LogP contribution in [-0.4, -0.2) is 26.6 Å². The molecule has 2 aromatic carbocycles. The maximum absolute atomic E-state index is 13.0. The first kappa shape index (κ1) is 20.7. The minimum absolute atomic E-state index is 0.0909. The van der Waals surface area contributed by atoms with Crippen molar-refractivity contribution < 1.29 is 22.5 Å². The first-order valence-corrected chi connectivity index (χ1v) is 10.3. The van der Waals surface area contributed by atoms with Gasteiger partial charge in [-0.25, -0.2) is 8.42 Å². The van der Waals surface area contributed by atoms with E-state index in [1.54, 1.807) is 31.2 Å². The Bertz CT molecular complexity index is 1170. The second kappa shape index (κ2) is 8.14. The van der Waals surface area contributed by atoms with E-state index in [9.17, 15) is 13.2 Å². The molecule has 0 aliphatic heterocycles. The molecule has 1 aromatic heterocycles. The summed E-state index contributed by atoms with van der Waals surface area (Å²) in [5.41, 5.74) is 1.76. The number of hydrogen-bond donors (Lipinski definition) is 2. The summed E-state index contributed by atoms with van der Waals surface area (Å²) in [5, 5.41) is 6.80. The van der Waals surface area contributed by atoms with Gasteiger partial charge in [0.1, 0.15) is 10.6 Å². The highest BCUT2D eigenvalue weighted by Crippen LogP contribution is 2.36. The van der Waals surface area contributed by atoms with Crippen molar-refractivity contribution in [3.05, 3.63) is 53.2 Å². The van der Waals surface area contributed by atoms with Gasteiger partial charge in [0.05, 0.1) is 24.1 Å². The van der Waals surface area contributed by atoms with E-state index in [4.69, 9.17) is 20.9 Å². The number of anilines is 2. The lowest BCUT2D eigenvalue weighted by Crippen LogP contribution is -2.14. The Morgan fingerprint density at radius 1 is 1.21 bits per heavy atom. The maximum atomic E-state index is 13.0. The van der Waals surface area contributed by atoms with Gasteiger partial charge in [-0.05, 0) is 42.8 Å². The summed E-state index contributed by atoms with van der Waals surface area (Å²) >= 11 is 5.94.